The minimum Gasteiger partial charge on any atom is -0.495 e. The minimum atomic E-state index is -0.893. The van der Waals surface area contributed by atoms with E-state index in [1.807, 2.05) is 50.2 Å². The van der Waals surface area contributed by atoms with Crippen LogP contribution in [0.5, 0.6) is 5.75 Å². The first-order valence-electron chi connectivity index (χ1n) is 9.13. The van der Waals surface area contributed by atoms with E-state index in [1.165, 1.54) is 19.4 Å². The Bertz CT molecular complexity index is 1110. The molecule has 2 N–H and O–H groups in total. The Kier molecular flexibility index (Phi) is 6.54. The van der Waals surface area contributed by atoms with Gasteiger partial charge < -0.3 is 14.6 Å². The fraction of sp³-hybridized carbons (Fsp3) is 0.136. The van der Waals surface area contributed by atoms with Gasteiger partial charge in [0.1, 0.15) is 5.75 Å². The van der Waals surface area contributed by atoms with Gasteiger partial charge in [-0.3, -0.25) is 9.59 Å². The van der Waals surface area contributed by atoms with Crippen molar-refractivity contribution in [2.75, 3.05) is 12.4 Å². The number of carbonyl (C=O) groups is 2. The van der Waals surface area contributed by atoms with Crippen LogP contribution in [0.1, 0.15) is 17.0 Å². The summed E-state index contributed by atoms with van der Waals surface area (Å²) in [6, 6.07) is 16.5. The van der Waals surface area contributed by atoms with Crippen LogP contribution in [0.25, 0.3) is 5.69 Å². The summed E-state index contributed by atoms with van der Waals surface area (Å²) >= 11 is 6.02. The van der Waals surface area contributed by atoms with E-state index in [-0.39, 0.29) is 0 Å². The summed E-state index contributed by atoms with van der Waals surface area (Å²) in [6.45, 7) is 3.95. The van der Waals surface area contributed by atoms with Crippen molar-refractivity contribution in [3.8, 4) is 11.4 Å². The first kappa shape index (κ1) is 21.1. The van der Waals surface area contributed by atoms with E-state index in [4.69, 9.17) is 16.3 Å². The summed E-state index contributed by atoms with van der Waals surface area (Å²) in [7, 11) is 1.49. The largest absolute Gasteiger partial charge is 0.495 e. The Hall–Kier alpha value is -3.58. The molecule has 2 aromatic carbocycles. The molecule has 8 heteroatoms. The Balaban J connectivity index is 1.64. The quantitative estimate of drug-likeness (QED) is 0.370. The van der Waals surface area contributed by atoms with Gasteiger partial charge in [0.05, 0.1) is 18.3 Å². The maximum absolute atomic E-state index is 12.1. The summed E-state index contributed by atoms with van der Waals surface area (Å²) in [5.41, 5.74) is 6.47. The topological polar surface area (TPSA) is 84.7 Å². The van der Waals surface area contributed by atoms with Gasteiger partial charge >= 0.3 is 11.8 Å². The van der Waals surface area contributed by atoms with Gasteiger partial charge in [0, 0.05) is 28.3 Å². The molecular weight excluding hydrogens is 404 g/mol. The molecule has 0 saturated heterocycles. The maximum atomic E-state index is 12.1. The van der Waals surface area contributed by atoms with E-state index in [0.29, 0.717) is 16.5 Å². The molecule has 0 spiro atoms. The number of carbonyl (C=O) groups excluding carboxylic acids is 2. The van der Waals surface area contributed by atoms with Crippen LogP contribution in [0.2, 0.25) is 5.02 Å². The number of benzene rings is 2. The molecule has 0 aliphatic carbocycles. The average molecular weight is 425 g/mol. The van der Waals surface area contributed by atoms with Crippen LogP contribution in [0, 0.1) is 13.8 Å². The van der Waals surface area contributed by atoms with Gasteiger partial charge in [-0.2, -0.15) is 5.10 Å². The highest BCUT2D eigenvalue weighted by atomic mass is 35.5. The van der Waals surface area contributed by atoms with Crippen LogP contribution >= 0.6 is 11.6 Å². The van der Waals surface area contributed by atoms with Crippen LogP contribution < -0.4 is 15.5 Å². The van der Waals surface area contributed by atoms with Crippen molar-refractivity contribution in [1.29, 1.82) is 0 Å². The number of hydrogen-bond donors (Lipinski definition) is 2. The number of para-hydroxylation sites is 1. The first-order chi connectivity index (χ1) is 14.4. The predicted octanol–water partition coefficient (Wildman–Crippen LogP) is 3.84. The van der Waals surface area contributed by atoms with Gasteiger partial charge in [0.25, 0.3) is 0 Å². The monoisotopic (exact) mass is 424 g/mol. The van der Waals surface area contributed by atoms with E-state index in [9.17, 15) is 9.59 Å². The van der Waals surface area contributed by atoms with Crippen molar-refractivity contribution in [2.45, 2.75) is 13.8 Å². The lowest BCUT2D eigenvalue weighted by Gasteiger charge is -2.09. The molecule has 0 radical (unpaired) electrons. The molecule has 0 atom stereocenters. The van der Waals surface area contributed by atoms with Crippen molar-refractivity contribution in [2.24, 2.45) is 5.10 Å². The molecule has 0 fully saturated rings. The van der Waals surface area contributed by atoms with E-state index < -0.39 is 11.8 Å². The molecular formula is C22H21ClN4O3. The summed E-state index contributed by atoms with van der Waals surface area (Å²) in [6.07, 6.45) is 1.51. The standard InChI is InChI=1S/C22H21ClN4O3/c1-14-11-16(15(2)27(14)18-7-5-4-6-8-18)13-24-26-22(29)21(28)25-17-9-10-20(30-3)19(23)12-17/h4-13H,1-3H3,(H,25,28)(H,26,29)/b24-13-. The van der Waals surface area contributed by atoms with Gasteiger partial charge in [0.2, 0.25) is 0 Å². The summed E-state index contributed by atoms with van der Waals surface area (Å²) in [5.74, 6) is -1.28. The van der Waals surface area contributed by atoms with E-state index in [0.717, 1.165) is 22.6 Å². The smallest absolute Gasteiger partial charge is 0.329 e. The third-order valence-electron chi connectivity index (χ3n) is 4.47. The highest BCUT2D eigenvalue weighted by molar-refractivity contribution is 6.40. The van der Waals surface area contributed by atoms with E-state index >= 15 is 0 Å². The lowest BCUT2D eigenvalue weighted by atomic mass is 10.2. The molecule has 1 heterocycles. The van der Waals surface area contributed by atoms with Crippen molar-refractivity contribution in [1.82, 2.24) is 9.99 Å². The normalized spacial score (nSPS) is 10.8. The number of hydrogen-bond acceptors (Lipinski definition) is 4. The van der Waals surface area contributed by atoms with Gasteiger partial charge in [-0.1, -0.05) is 29.8 Å². The molecule has 0 bridgehead atoms. The van der Waals surface area contributed by atoms with Crippen molar-refractivity contribution in [3.05, 3.63) is 76.6 Å². The van der Waals surface area contributed by atoms with E-state index in [2.05, 4.69) is 20.4 Å². The molecule has 3 aromatic rings. The predicted molar refractivity (Wildman–Crippen MR) is 118 cm³/mol. The first-order valence-corrected chi connectivity index (χ1v) is 9.50. The second-order valence-electron chi connectivity index (χ2n) is 6.50. The molecule has 0 aliphatic rings. The second-order valence-corrected chi connectivity index (χ2v) is 6.91. The number of nitrogens with zero attached hydrogens (tertiary/aromatic N) is 2. The molecule has 1 aromatic heterocycles. The lowest BCUT2D eigenvalue weighted by molar-refractivity contribution is -0.136. The maximum Gasteiger partial charge on any atom is 0.329 e. The van der Waals surface area contributed by atoms with Crippen molar-refractivity contribution >= 4 is 35.3 Å². The van der Waals surface area contributed by atoms with Crippen molar-refractivity contribution in [3.63, 3.8) is 0 Å². The summed E-state index contributed by atoms with van der Waals surface area (Å²) < 4.78 is 7.14. The SMILES string of the molecule is COc1ccc(NC(=O)C(=O)N/N=C\c2cc(C)n(-c3ccccc3)c2C)cc1Cl. The molecule has 0 aliphatic heterocycles. The molecule has 3 rings (SSSR count). The Morgan fingerprint density at radius 1 is 1.07 bits per heavy atom. The van der Waals surface area contributed by atoms with Crippen LogP contribution in [0.4, 0.5) is 5.69 Å². The summed E-state index contributed by atoms with van der Waals surface area (Å²) in [5, 5.41) is 6.69. The number of aryl methyl sites for hydroxylation is 1. The lowest BCUT2D eigenvalue weighted by Crippen LogP contribution is -2.32. The van der Waals surface area contributed by atoms with Gasteiger partial charge in [0.15, 0.2) is 0 Å². The Labute approximate surface area is 179 Å². The zero-order chi connectivity index (χ0) is 21.7. The van der Waals surface area contributed by atoms with Gasteiger partial charge in [-0.25, -0.2) is 5.43 Å². The molecule has 0 saturated carbocycles. The highest BCUT2D eigenvalue weighted by Gasteiger charge is 2.14. The molecule has 154 valence electrons. The number of methoxy groups -OCH3 is 1. The fourth-order valence-electron chi connectivity index (χ4n) is 3.04. The fourth-order valence-corrected chi connectivity index (χ4v) is 3.29. The number of aromatic nitrogens is 1. The molecule has 2 amide bonds. The molecule has 0 unspecified atom stereocenters. The third-order valence-corrected chi connectivity index (χ3v) is 4.77. The number of amides is 2. The highest BCUT2D eigenvalue weighted by Crippen LogP contribution is 2.27. The Morgan fingerprint density at radius 3 is 2.47 bits per heavy atom. The van der Waals surface area contributed by atoms with Crippen LogP contribution in [-0.2, 0) is 9.59 Å². The number of ether oxygens (including phenoxy) is 1. The number of nitrogens with one attached hydrogen (secondary N) is 2. The number of rotatable bonds is 5. The van der Waals surface area contributed by atoms with Gasteiger partial charge in [-0.05, 0) is 50.2 Å². The van der Waals surface area contributed by atoms with Crippen LogP contribution in [0.3, 0.4) is 0 Å². The zero-order valence-corrected chi connectivity index (χ0v) is 17.5. The molecule has 30 heavy (non-hydrogen) atoms. The van der Waals surface area contributed by atoms with E-state index in [1.54, 1.807) is 12.1 Å². The Morgan fingerprint density at radius 2 is 1.80 bits per heavy atom. The van der Waals surface area contributed by atoms with Crippen LogP contribution in [-0.4, -0.2) is 29.7 Å². The van der Waals surface area contributed by atoms with Gasteiger partial charge in [-0.15, -0.1) is 0 Å². The number of anilines is 1. The summed E-state index contributed by atoms with van der Waals surface area (Å²) in [4.78, 5) is 24.1. The third kappa shape index (κ3) is 4.69. The average Bonchev–Trinajstić information content (AvgIpc) is 3.01. The number of hydrazone groups is 1. The number of halogens is 1. The minimum absolute atomic E-state index is 0.322. The van der Waals surface area contributed by atoms with Crippen molar-refractivity contribution < 1.29 is 14.3 Å². The second kappa shape index (κ2) is 9.28. The zero-order valence-electron chi connectivity index (χ0n) is 16.8. The van der Waals surface area contributed by atoms with Crippen LogP contribution in [0.15, 0.2) is 59.7 Å². The molecule has 7 nitrogen and oxygen atoms in total.